The predicted octanol–water partition coefficient (Wildman–Crippen LogP) is 3.45. The number of hydrogen-bond acceptors (Lipinski definition) is 8. The van der Waals surface area contributed by atoms with E-state index < -0.39 is 0 Å². The van der Waals surface area contributed by atoms with E-state index in [-0.39, 0.29) is 16.5 Å². The molecule has 1 aromatic carbocycles. The Morgan fingerprint density at radius 3 is 2.35 bits per heavy atom. The second-order valence-corrected chi connectivity index (χ2v) is 10.4. The Morgan fingerprint density at radius 1 is 0.925 bits per heavy atom. The van der Waals surface area contributed by atoms with Gasteiger partial charge >= 0.3 is 0 Å². The maximum atomic E-state index is 12.9. The molecule has 0 radical (unpaired) electrons. The van der Waals surface area contributed by atoms with Crippen LogP contribution in [-0.2, 0) is 6.54 Å². The number of unbranched alkanes of at least 4 members (excludes halogenated alkanes) is 1. The normalized spacial score (nSPS) is 16.4. The summed E-state index contributed by atoms with van der Waals surface area (Å²) in [7, 11) is 0. The Hall–Kier alpha value is -3.50. The number of ether oxygens (including phenoxy) is 1. The number of para-hydroxylation sites is 2. The van der Waals surface area contributed by atoms with Gasteiger partial charge < -0.3 is 23.9 Å². The molecule has 3 aromatic rings. The Morgan fingerprint density at radius 2 is 1.62 bits per heavy atom. The molecule has 214 valence electrons. The SMILES string of the molecule is CCOc1ccccc1N1CCN(CCCCn2ncc(N3CCN(C(=O)c4ccco4)CC3)c(Cl)c2=O)CC1. The van der Waals surface area contributed by atoms with Crippen LogP contribution in [0.15, 0.2) is 58.1 Å². The van der Waals surface area contributed by atoms with E-state index in [4.69, 9.17) is 20.8 Å². The van der Waals surface area contributed by atoms with Gasteiger partial charge in [-0.2, -0.15) is 5.10 Å². The highest BCUT2D eigenvalue weighted by Gasteiger charge is 2.26. The molecular formula is C29H37ClN6O4. The molecule has 2 aliphatic rings. The number of anilines is 2. The molecule has 10 nitrogen and oxygen atoms in total. The average Bonchev–Trinajstić information content (AvgIpc) is 3.53. The third-order valence-electron chi connectivity index (χ3n) is 7.58. The van der Waals surface area contributed by atoms with Crippen molar-refractivity contribution in [3.8, 4) is 5.75 Å². The van der Waals surface area contributed by atoms with Gasteiger partial charge in [-0.3, -0.25) is 14.5 Å². The second-order valence-electron chi connectivity index (χ2n) is 10.1. The van der Waals surface area contributed by atoms with Gasteiger partial charge in [0.05, 0.1) is 30.4 Å². The van der Waals surface area contributed by atoms with E-state index in [0.717, 1.165) is 51.3 Å². The van der Waals surface area contributed by atoms with Crippen LogP contribution in [0.2, 0.25) is 5.02 Å². The smallest absolute Gasteiger partial charge is 0.289 e. The van der Waals surface area contributed by atoms with Crippen LogP contribution in [0.5, 0.6) is 5.75 Å². The van der Waals surface area contributed by atoms with E-state index in [9.17, 15) is 9.59 Å². The topological polar surface area (TPSA) is 87.3 Å². The molecule has 4 heterocycles. The molecule has 40 heavy (non-hydrogen) atoms. The fourth-order valence-corrected chi connectivity index (χ4v) is 5.61. The molecule has 0 aliphatic carbocycles. The molecule has 5 rings (SSSR count). The zero-order chi connectivity index (χ0) is 27.9. The molecule has 0 atom stereocenters. The van der Waals surface area contributed by atoms with Gasteiger partial charge in [-0.05, 0) is 50.6 Å². The summed E-state index contributed by atoms with van der Waals surface area (Å²) < 4.78 is 12.5. The number of aromatic nitrogens is 2. The second kappa shape index (κ2) is 13.2. The molecule has 0 unspecified atom stereocenters. The van der Waals surface area contributed by atoms with Crippen LogP contribution in [0.3, 0.4) is 0 Å². The Kier molecular flexibility index (Phi) is 9.28. The highest BCUT2D eigenvalue weighted by Crippen LogP contribution is 2.29. The molecule has 0 saturated carbocycles. The number of nitrogens with zero attached hydrogens (tertiary/aromatic N) is 6. The van der Waals surface area contributed by atoms with Gasteiger partial charge in [0.25, 0.3) is 11.5 Å². The highest BCUT2D eigenvalue weighted by molar-refractivity contribution is 6.33. The van der Waals surface area contributed by atoms with Crippen molar-refractivity contribution in [2.24, 2.45) is 0 Å². The molecule has 1 amide bonds. The van der Waals surface area contributed by atoms with Gasteiger partial charge in [0.1, 0.15) is 10.8 Å². The van der Waals surface area contributed by atoms with E-state index in [1.807, 2.05) is 24.0 Å². The number of carbonyl (C=O) groups is 1. The molecule has 2 saturated heterocycles. The quantitative estimate of drug-likeness (QED) is 0.344. The lowest BCUT2D eigenvalue weighted by Crippen LogP contribution is -2.49. The van der Waals surface area contributed by atoms with Crippen LogP contribution in [0.4, 0.5) is 11.4 Å². The number of aryl methyl sites for hydroxylation is 1. The summed E-state index contributed by atoms with van der Waals surface area (Å²) in [5.41, 5.74) is 1.52. The maximum Gasteiger partial charge on any atom is 0.289 e. The van der Waals surface area contributed by atoms with Gasteiger partial charge in [0, 0.05) is 58.9 Å². The van der Waals surface area contributed by atoms with Crippen LogP contribution in [0, 0.1) is 0 Å². The number of carbonyl (C=O) groups excluding carboxylic acids is 1. The number of halogens is 1. The first kappa shape index (κ1) is 28.0. The monoisotopic (exact) mass is 568 g/mol. The minimum Gasteiger partial charge on any atom is -0.492 e. The van der Waals surface area contributed by atoms with Crippen molar-refractivity contribution in [2.75, 3.05) is 75.3 Å². The number of furan rings is 1. The van der Waals surface area contributed by atoms with E-state index >= 15 is 0 Å². The highest BCUT2D eigenvalue weighted by atomic mass is 35.5. The summed E-state index contributed by atoms with van der Waals surface area (Å²) >= 11 is 6.51. The number of rotatable bonds is 10. The predicted molar refractivity (Wildman–Crippen MR) is 156 cm³/mol. The fraction of sp³-hybridized carbons (Fsp3) is 0.483. The van der Waals surface area contributed by atoms with E-state index in [1.165, 1.54) is 16.6 Å². The van der Waals surface area contributed by atoms with Crippen LogP contribution in [0.25, 0.3) is 0 Å². The summed E-state index contributed by atoms with van der Waals surface area (Å²) in [6.07, 6.45) is 5.00. The minimum atomic E-state index is -0.269. The standard InChI is InChI=1S/C29H37ClN6O4/c1-2-39-25-9-4-3-8-23(25)33-15-13-32(14-16-33)11-5-6-12-36-29(38)27(30)24(22-31-36)34-17-19-35(20-18-34)28(37)26-10-7-21-40-26/h3-4,7-10,21-22H,2,5-6,11-20H2,1H3. The number of hydrogen-bond donors (Lipinski definition) is 0. The van der Waals surface area contributed by atoms with E-state index in [0.29, 0.717) is 50.8 Å². The number of amides is 1. The molecule has 2 aromatic heterocycles. The molecular weight excluding hydrogens is 532 g/mol. The first-order valence-electron chi connectivity index (χ1n) is 14.1. The fourth-order valence-electron chi connectivity index (χ4n) is 5.35. The van der Waals surface area contributed by atoms with Crippen molar-refractivity contribution >= 4 is 28.9 Å². The van der Waals surface area contributed by atoms with Crippen LogP contribution >= 0.6 is 11.6 Å². The third-order valence-corrected chi connectivity index (χ3v) is 7.93. The molecule has 0 bridgehead atoms. The van der Waals surface area contributed by atoms with Crippen molar-refractivity contribution in [3.05, 3.63) is 70.0 Å². The Balaban J connectivity index is 1.06. The van der Waals surface area contributed by atoms with Crippen molar-refractivity contribution in [3.63, 3.8) is 0 Å². The minimum absolute atomic E-state index is 0.127. The summed E-state index contributed by atoms with van der Waals surface area (Å²) in [6, 6.07) is 11.6. The van der Waals surface area contributed by atoms with Gasteiger partial charge in [-0.15, -0.1) is 0 Å². The lowest BCUT2D eigenvalue weighted by molar-refractivity contribution is 0.0714. The summed E-state index contributed by atoms with van der Waals surface area (Å²) in [4.78, 5) is 34.1. The van der Waals surface area contributed by atoms with Crippen LogP contribution in [-0.4, -0.2) is 91.0 Å². The number of piperazine rings is 2. The van der Waals surface area contributed by atoms with Gasteiger partial charge in [0.2, 0.25) is 0 Å². The van der Waals surface area contributed by atoms with Crippen molar-refractivity contribution in [1.82, 2.24) is 19.6 Å². The average molecular weight is 569 g/mol. The zero-order valence-electron chi connectivity index (χ0n) is 23.0. The van der Waals surface area contributed by atoms with Crippen LogP contribution in [0.1, 0.15) is 30.3 Å². The third kappa shape index (κ3) is 6.45. The zero-order valence-corrected chi connectivity index (χ0v) is 23.8. The molecule has 0 spiro atoms. The van der Waals surface area contributed by atoms with Crippen molar-refractivity contribution in [1.29, 1.82) is 0 Å². The Bertz CT molecular complexity index is 1310. The largest absolute Gasteiger partial charge is 0.492 e. The van der Waals surface area contributed by atoms with Crippen molar-refractivity contribution < 1.29 is 13.9 Å². The molecule has 11 heteroatoms. The first-order valence-corrected chi connectivity index (χ1v) is 14.5. The summed E-state index contributed by atoms with van der Waals surface area (Å²) in [6.45, 7) is 10.3. The lowest BCUT2D eigenvalue weighted by atomic mass is 10.2. The van der Waals surface area contributed by atoms with Gasteiger partial charge in [0.15, 0.2) is 5.76 Å². The van der Waals surface area contributed by atoms with Crippen LogP contribution < -0.4 is 20.1 Å². The lowest BCUT2D eigenvalue weighted by Gasteiger charge is -2.36. The van der Waals surface area contributed by atoms with E-state index in [1.54, 1.807) is 23.2 Å². The maximum absolute atomic E-state index is 12.9. The number of benzene rings is 1. The molecule has 0 N–H and O–H groups in total. The molecule has 2 aliphatic heterocycles. The van der Waals surface area contributed by atoms with Crippen molar-refractivity contribution in [2.45, 2.75) is 26.3 Å². The Labute approximate surface area is 239 Å². The van der Waals surface area contributed by atoms with Gasteiger partial charge in [-0.25, -0.2) is 4.68 Å². The summed E-state index contributed by atoms with van der Waals surface area (Å²) in [5.74, 6) is 1.16. The molecule has 2 fully saturated rings. The van der Waals surface area contributed by atoms with Gasteiger partial charge in [-0.1, -0.05) is 23.7 Å². The first-order chi connectivity index (χ1) is 19.5. The van der Waals surface area contributed by atoms with E-state index in [2.05, 4.69) is 27.0 Å². The summed E-state index contributed by atoms with van der Waals surface area (Å²) in [5, 5.41) is 4.60.